The number of carbonyl (C=O) groups is 1. The van der Waals surface area contributed by atoms with Gasteiger partial charge in [-0.2, -0.15) is 0 Å². The average molecular weight is 237 g/mol. The molecule has 1 aromatic carbocycles. The summed E-state index contributed by atoms with van der Waals surface area (Å²) in [4.78, 5) is 12.8. The van der Waals surface area contributed by atoms with Crippen LogP contribution in [-0.2, 0) is 16.0 Å². The minimum absolute atomic E-state index is 0.0319. The second-order valence-electron chi connectivity index (χ2n) is 3.98. The number of benzene rings is 1. The maximum Gasteiger partial charge on any atom is 0.307 e. The predicted octanol–water partition coefficient (Wildman–Crippen LogP) is 0.856. The van der Waals surface area contributed by atoms with Crippen molar-refractivity contribution >= 4 is 11.7 Å². The molecule has 5 heteroatoms. The van der Waals surface area contributed by atoms with E-state index in [1.54, 1.807) is 18.2 Å². The molecule has 0 unspecified atom stereocenters. The van der Waals surface area contributed by atoms with Crippen LogP contribution in [0.4, 0.5) is 5.69 Å². The number of anilines is 1. The summed E-state index contributed by atoms with van der Waals surface area (Å²) in [5.74, 6) is -0.913. The maximum absolute atomic E-state index is 10.7. The zero-order valence-corrected chi connectivity index (χ0v) is 9.43. The molecule has 0 amide bonds. The van der Waals surface area contributed by atoms with Crippen LogP contribution in [0.5, 0.6) is 5.75 Å². The van der Waals surface area contributed by atoms with E-state index in [1.807, 2.05) is 0 Å². The van der Waals surface area contributed by atoms with Gasteiger partial charge in [-0.3, -0.25) is 4.79 Å². The first-order valence-corrected chi connectivity index (χ1v) is 5.53. The Morgan fingerprint density at radius 2 is 2.06 bits per heavy atom. The third-order valence-corrected chi connectivity index (χ3v) is 2.78. The van der Waals surface area contributed by atoms with Gasteiger partial charge in [0.05, 0.1) is 19.6 Å². The van der Waals surface area contributed by atoms with Gasteiger partial charge in [0.25, 0.3) is 0 Å². The molecule has 1 saturated heterocycles. The van der Waals surface area contributed by atoms with Gasteiger partial charge in [0.2, 0.25) is 0 Å². The van der Waals surface area contributed by atoms with E-state index in [-0.39, 0.29) is 12.2 Å². The highest BCUT2D eigenvalue weighted by Gasteiger charge is 2.14. The molecule has 0 saturated carbocycles. The van der Waals surface area contributed by atoms with Crippen LogP contribution in [0.25, 0.3) is 0 Å². The molecule has 0 aromatic heterocycles. The van der Waals surface area contributed by atoms with Crippen molar-refractivity contribution in [3.63, 3.8) is 0 Å². The molecule has 2 N–H and O–H groups in total. The molecule has 1 fully saturated rings. The summed E-state index contributed by atoms with van der Waals surface area (Å²) >= 11 is 0. The molecule has 1 aliphatic rings. The van der Waals surface area contributed by atoms with Crippen LogP contribution in [0.15, 0.2) is 18.2 Å². The van der Waals surface area contributed by atoms with Crippen molar-refractivity contribution in [3.8, 4) is 5.75 Å². The molecule has 92 valence electrons. The molecule has 1 aromatic rings. The van der Waals surface area contributed by atoms with Crippen LogP contribution in [0.1, 0.15) is 5.56 Å². The first-order chi connectivity index (χ1) is 8.16. The quantitative estimate of drug-likeness (QED) is 0.815. The van der Waals surface area contributed by atoms with Crippen molar-refractivity contribution in [1.29, 1.82) is 0 Å². The first kappa shape index (κ1) is 11.7. The van der Waals surface area contributed by atoms with E-state index in [2.05, 4.69) is 4.90 Å². The number of nitrogens with zero attached hydrogens (tertiary/aromatic N) is 1. The SMILES string of the molecule is O=C(O)Cc1cc(N2CCOCC2)ccc1O. The standard InChI is InChI=1S/C12H15NO4/c14-11-2-1-10(7-9(11)8-12(15)16)13-3-5-17-6-4-13/h1-2,7,14H,3-6,8H2,(H,15,16). The van der Waals surface area contributed by atoms with Crippen LogP contribution >= 0.6 is 0 Å². The average Bonchev–Trinajstić information content (AvgIpc) is 2.32. The number of hydrogen-bond donors (Lipinski definition) is 2. The van der Waals surface area contributed by atoms with Gasteiger partial charge in [0, 0.05) is 24.3 Å². The van der Waals surface area contributed by atoms with E-state index in [1.165, 1.54) is 0 Å². The Labute approximate surface area is 99.2 Å². The second kappa shape index (κ2) is 5.05. The molecular weight excluding hydrogens is 222 g/mol. The number of aromatic hydroxyl groups is 1. The molecule has 1 heterocycles. The molecule has 17 heavy (non-hydrogen) atoms. The fourth-order valence-corrected chi connectivity index (χ4v) is 1.89. The number of morpholine rings is 1. The van der Waals surface area contributed by atoms with Crippen LogP contribution in [0.3, 0.4) is 0 Å². The largest absolute Gasteiger partial charge is 0.508 e. The number of carboxylic acids is 1. The topological polar surface area (TPSA) is 70.0 Å². The van der Waals surface area contributed by atoms with Crippen LogP contribution in [0, 0.1) is 0 Å². The van der Waals surface area contributed by atoms with Gasteiger partial charge in [0.15, 0.2) is 0 Å². The van der Waals surface area contributed by atoms with Gasteiger partial charge in [-0.05, 0) is 18.2 Å². The van der Waals surface area contributed by atoms with E-state index >= 15 is 0 Å². The summed E-state index contributed by atoms with van der Waals surface area (Å²) in [5.41, 5.74) is 1.38. The highest BCUT2D eigenvalue weighted by atomic mass is 16.5. The lowest BCUT2D eigenvalue weighted by Crippen LogP contribution is -2.36. The summed E-state index contributed by atoms with van der Waals surface area (Å²) in [6.45, 7) is 2.93. The maximum atomic E-state index is 10.7. The zero-order valence-electron chi connectivity index (χ0n) is 9.43. The van der Waals surface area contributed by atoms with Gasteiger partial charge in [-0.15, -0.1) is 0 Å². The van der Waals surface area contributed by atoms with Crippen molar-refractivity contribution in [2.75, 3.05) is 31.2 Å². The van der Waals surface area contributed by atoms with E-state index in [4.69, 9.17) is 9.84 Å². The minimum atomic E-state index is -0.945. The number of phenolic OH excluding ortho intramolecular Hbond substituents is 1. The lowest BCUT2D eigenvalue weighted by molar-refractivity contribution is -0.136. The predicted molar refractivity (Wildman–Crippen MR) is 62.5 cm³/mol. The number of aliphatic carboxylic acids is 1. The molecule has 0 spiro atoms. The Morgan fingerprint density at radius 1 is 1.35 bits per heavy atom. The van der Waals surface area contributed by atoms with Crippen molar-refractivity contribution in [2.45, 2.75) is 6.42 Å². The lowest BCUT2D eigenvalue weighted by atomic mass is 10.1. The Bertz CT molecular complexity index is 413. The molecule has 0 radical (unpaired) electrons. The summed E-state index contributed by atoms with van der Waals surface area (Å²) in [6.07, 6.45) is -0.163. The summed E-state index contributed by atoms with van der Waals surface area (Å²) < 4.78 is 5.25. The van der Waals surface area contributed by atoms with Crippen molar-refractivity contribution in [1.82, 2.24) is 0 Å². The zero-order chi connectivity index (χ0) is 12.3. The molecule has 5 nitrogen and oxygen atoms in total. The normalized spacial score (nSPS) is 15.9. The smallest absolute Gasteiger partial charge is 0.307 e. The molecule has 0 aliphatic carbocycles. The molecule has 1 aliphatic heterocycles. The third kappa shape index (κ3) is 2.88. The first-order valence-electron chi connectivity index (χ1n) is 5.53. The Balaban J connectivity index is 2.20. The fraction of sp³-hybridized carbons (Fsp3) is 0.417. The van der Waals surface area contributed by atoms with Gasteiger partial charge >= 0.3 is 5.97 Å². The summed E-state index contributed by atoms with van der Waals surface area (Å²) in [6, 6.07) is 5.07. The van der Waals surface area contributed by atoms with E-state index < -0.39 is 5.97 Å². The van der Waals surface area contributed by atoms with Crippen LogP contribution in [0.2, 0.25) is 0 Å². The number of rotatable bonds is 3. The van der Waals surface area contributed by atoms with Gasteiger partial charge < -0.3 is 19.8 Å². The van der Waals surface area contributed by atoms with Crippen molar-refractivity contribution in [3.05, 3.63) is 23.8 Å². The number of phenols is 1. The van der Waals surface area contributed by atoms with E-state index in [9.17, 15) is 9.90 Å². The van der Waals surface area contributed by atoms with Gasteiger partial charge in [-0.1, -0.05) is 0 Å². The van der Waals surface area contributed by atoms with Crippen molar-refractivity contribution < 1.29 is 19.7 Å². The van der Waals surface area contributed by atoms with E-state index in [0.29, 0.717) is 18.8 Å². The Kier molecular flexibility index (Phi) is 3.49. The van der Waals surface area contributed by atoms with Crippen molar-refractivity contribution in [2.24, 2.45) is 0 Å². The van der Waals surface area contributed by atoms with E-state index in [0.717, 1.165) is 18.8 Å². The Morgan fingerprint density at radius 3 is 2.71 bits per heavy atom. The highest BCUT2D eigenvalue weighted by Crippen LogP contribution is 2.25. The van der Waals surface area contributed by atoms with Crippen LogP contribution < -0.4 is 4.90 Å². The van der Waals surface area contributed by atoms with Gasteiger partial charge in [0.1, 0.15) is 5.75 Å². The Hall–Kier alpha value is -1.75. The molecule has 0 bridgehead atoms. The second-order valence-corrected chi connectivity index (χ2v) is 3.98. The minimum Gasteiger partial charge on any atom is -0.508 e. The third-order valence-electron chi connectivity index (χ3n) is 2.78. The number of ether oxygens (including phenoxy) is 1. The molecule has 0 atom stereocenters. The monoisotopic (exact) mass is 237 g/mol. The number of hydrogen-bond acceptors (Lipinski definition) is 4. The molecule has 2 rings (SSSR count). The molecular formula is C12H15NO4. The lowest BCUT2D eigenvalue weighted by Gasteiger charge is -2.29. The van der Waals surface area contributed by atoms with Crippen LogP contribution in [-0.4, -0.2) is 42.5 Å². The van der Waals surface area contributed by atoms with Gasteiger partial charge in [-0.25, -0.2) is 0 Å². The highest BCUT2D eigenvalue weighted by molar-refractivity contribution is 5.72. The number of carboxylic acid groups (broad SMARTS) is 1. The summed E-state index contributed by atoms with van der Waals surface area (Å²) in [7, 11) is 0. The fourth-order valence-electron chi connectivity index (χ4n) is 1.89. The summed E-state index contributed by atoms with van der Waals surface area (Å²) in [5, 5.41) is 18.3.